The lowest BCUT2D eigenvalue weighted by Crippen LogP contribution is -2.40. The smallest absolute Gasteiger partial charge is 0.322 e. The fourth-order valence-electron chi connectivity index (χ4n) is 1.08. The fourth-order valence-corrected chi connectivity index (χ4v) is 1.08. The molecule has 1 aromatic rings. The highest BCUT2D eigenvalue weighted by Crippen LogP contribution is 2.16. The molecule has 0 saturated heterocycles. The molecule has 1 aromatic carbocycles. The number of rotatable bonds is 3. The van der Waals surface area contributed by atoms with Crippen LogP contribution in [-0.4, -0.2) is 17.1 Å². The molecule has 0 radical (unpaired) electrons. The van der Waals surface area contributed by atoms with Crippen molar-refractivity contribution in [3.8, 4) is 0 Å². The third-order valence-electron chi connectivity index (χ3n) is 2.00. The van der Waals surface area contributed by atoms with Crippen molar-refractivity contribution in [1.82, 2.24) is 0 Å². The molecule has 82 valence electrons. The summed E-state index contributed by atoms with van der Waals surface area (Å²) in [5, 5.41) is 8.56. The average molecular weight is 216 g/mol. The van der Waals surface area contributed by atoms with Crippen LogP contribution in [0.25, 0.3) is 0 Å². The van der Waals surface area contributed by atoms with Crippen LogP contribution in [0.15, 0.2) is 18.2 Å². The van der Waals surface area contributed by atoms with E-state index in [0.717, 1.165) is 12.1 Å². The zero-order chi connectivity index (χ0) is 11.6. The van der Waals surface area contributed by atoms with Gasteiger partial charge in [-0.2, -0.15) is 0 Å². The first-order valence-electron chi connectivity index (χ1n) is 4.12. The highest BCUT2D eigenvalue weighted by Gasteiger charge is 2.22. The van der Waals surface area contributed by atoms with E-state index in [2.05, 4.69) is 0 Å². The van der Waals surface area contributed by atoms with Gasteiger partial charge in [-0.15, -0.1) is 0 Å². The van der Waals surface area contributed by atoms with Crippen molar-refractivity contribution in [2.45, 2.75) is 12.1 Å². The van der Waals surface area contributed by atoms with Crippen molar-refractivity contribution in [2.24, 2.45) is 11.5 Å². The van der Waals surface area contributed by atoms with Gasteiger partial charge in [-0.3, -0.25) is 4.79 Å². The second-order valence-corrected chi connectivity index (χ2v) is 3.06. The van der Waals surface area contributed by atoms with Crippen molar-refractivity contribution in [1.29, 1.82) is 0 Å². The molecule has 0 spiro atoms. The summed E-state index contributed by atoms with van der Waals surface area (Å²) in [6.45, 7) is 0. The maximum absolute atomic E-state index is 12.8. The molecule has 0 heterocycles. The van der Waals surface area contributed by atoms with Crippen LogP contribution in [0, 0.1) is 11.6 Å². The van der Waals surface area contributed by atoms with Gasteiger partial charge in [0.1, 0.15) is 6.04 Å². The number of carboxylic acids is 1. The molecule has 15 heavy (non-hydrogen) atoms. The van der Waals surface area contributed by atoms with Crippen LogP contribution >= 0.6 is 0 Å². The summed E-state index contributed by atoms with van der Waals surface area (Å²) in [4.78, 5) is 10.5. The summed E-state index contributed by atoms with van der Waals surface area (Å²) in [5.41, 5.74) is 10.8. The maximum atomic E-state index is 12.8. The Bertz CT molecular complexity index is 384. The zero-order valence-electron chi connectivity index (χ0n) is 7.65. The molecule has 0 saturated carbocycles. The molecule has 6 heteroatoms. The van der Waals surface area contributed by atoms with Gasteiger partial charge in [-0.25, -0.2) is 8.78 Å². The average Bonchev–Trinajstić information content (AvgIpc) is 2.19. The number of halogens is 2. The third-order valence-corrected chi connectivity index (χ3v) is 2.00. The Morgan fingerprint density at radius 3 is 2.33 bits per heavy atom. The van der Waals surface area contributed by atoms with Gasteiger partial charge in [0.05, 0.1) is 6.04 Å². The van der Waals surface area contributed by atoms with Gasteiger partial charge in [0.2, 0.25) is 0 Å². The quantitative estimate of drug-likeness (QED) is 0.681. The first kappa shape index (κ1) is 11.5. The van der Waals surface area contributed by atoms with Crippen LogP contribution in [-0.2, 0) is 4.79 Å². The fraction of sp³-hybridized carbons (Fsp3) is 0.222. The van der Waals surface area contributed by atoms with Crippen LogP contribution in [0.2, 0.25) is 0 Å². The van der Waals surface area contributed by atoms with E-state index in [9.17, 15) is 13.6 Å². The number of carbonyl (C=O) groups is 1. The molecule has 5 N–H and O–H groups in total. The van der Waals surface area contributed by atoms with Crippen molar-refractivity contribution in [3.05, 3.63) is 35.4 Å². The Morgan fingerprint density at radius 2 is 1.87 bits per heavy atom. The van der Waals surface area contributed by atoms with Gasteiger partial charge in [0, 0.05) is 0 Å². The highest BCUT2D eigenvalue weighted by atomic mass is 19.2. The zero-order valence-corrected chi connectivity index (χ0v) is 7.65. The summed E-state index contributed by atoms with van der Waals surface area (Å²) >= 11 is 0. The Morgan fingerprint density at radius 1 is 1.27 bits per heavy atom. The van der Waals surface area contributed by atoms with Crippen LogP contribution in [0.5, 0.6) is 0 Å². The minimum Gasteiger partial charge on any atom is -0.480 e. The lowest BCUT2D eigenvalue weighted by atomic mass is 10.0. The van der Waals surface area contributed by atoms with Crippen molar-refractivity contribution < 1.29 is 18.7 Å². The third kappa shape index (κ3) is 2.48. The Kier molecular flexibility index (Phi) is 3.33. The number of carboxylic acid groups (broad SMARTS) is 1. The number of nitrogens with two attached hydrogens (primary N) is 2. The van der Waals surface area contributed by atoms with E-state index < -0.39 is 29.7 Å². The van der Waals surface area contributed by atoms with Crippen molar-refractivity contribution >= 4 is 5.97 Å². The van der Waals surface area contributed by atoms with E-state index in [1.807, 2.05) is 0 Å². The standard InChI is InChI=1S/C9H10F2N2O2/c10-5-2-1-4(3-6(5)11)7(12)8(13)9(14)15/h1-3,7-8H,12-13H2,(H,14,15). The molecule has 0 fully saturated rings. The van der Waals surface area contributed by atoms with E-state index in [4.69, 9.17) is 16.6 Å². The van der Waals surface area contributed by atoms with Crippen LogP contribution in [0.4, 0.5) is 8.78 Å². The van der Waals surface area contributed by atoms with Gasteiger partial charge in [0.25, 0.3) is 0 Å². The highest BCUT2D eigenvalue weighted by molar-refractivity contribution is 5.74. The first-order valence-corrected chi connectivity index (χ1v) is 4.12. The number of hydrogen-bond acceptors (Lipinski definition) is 3. The molecule has 2 atom stereocenters. The first-order chi connectivity index (χ1) is 6.93. The van der Waals surface area contributed by atoms with Crippen molar-refractivity contribution in [2.75, 3.05) is 0 Å². The SMILES string of the molecule is NC(C(=O)O)C(N)c1ccc(F)c(F)c1. The topological polar surface area (TPSA) is 89.3 Å². The summed E-state index contributed by atoms with van der Waals surface area (Å²) < 4.78 is 25.3. The molecule has 4 nitrogen and oxygen atoms in total. The number of aliphatic carboxylic acids is 1. The largest absolute Gasteiger partial charge is 0.480 e. The van der Waals surface area contributed by atoms with E-state index in [1.165, 1.54) is 6.07 Å². The Hall–Kier alpha value is -1.53. The summed E-state index contributed by atoms with van der Waals surface area (Å²) in [7, 11) is 0. The van der Waals surface area contributed by atoms with E-state index in [0.29, 0.717) is 0 Å². The van der Waals surface area contributed by atoms with Crippen LogP contribution in [0.3, 0.4) is 0 Å². The summed E-state index contributed by atoms with van der Waals surface area (Å²) in [6, 6.07) is 0.487. The summed E-state index contributed by atoms with van der Waals surface area (Å²) in [6.07, 6.45) is 0. The second-order valence-electron chi connectivity index (χ2n) is 3.06. The molecule has 0 aliphatic carbocycles. The molecule has 1 rings (SSSR count). The molecular weight excluding hydrogens is 206 g/mol. The summed E-state index contributed by atoms with van der Waals surface area (Å²) in [5.74, 6) is -3.40. The lowest BCUT2D eigenvalue weighted by molar-refractivity contribution is -0.139. The minimum atomic E-state index is -1.35. The van der Waals surface area contributed by atoms with Gasteiger partial charge in [-0.05, 0) is 17.7 Å². The molecule has 0 aliphatic heterocycles. The van der Waals surface area contributed by atoms with Gasteiger partial charge in [-0.1, -0.05) is 6.07 Å². The Balaban J connectivity index is 2.96. The van der Waals surface area contributed by atoms with Gasteiger partial charge >= 0.3 is 5.97 Å². The normalized spacial score (nSPS) is 14.7. The predicted molar refractivity (Wildman–Crippen MR) is 48.9 cm³/mol. The molecule has 2 unspecified atom stereocenters. The molecular formula is C9H10F2N2O2. The number of benzene rings is 1. The second kappa shape index (κ2) is 4.33. The molecule has 0 bridgehead atoms. The van der Waals surface area contributed by atoms with Crippen molar-refractivity contribution in [3.63, 3.8) is 0 Å². The van der Waals surface area contributed by atoms with E-state index in [1.54, 1.807) is 0 Å². The molecule has 0 aliphatic rings. The van der Waals surface area contributed by atoms with E-state index >= 15 is 0 Å². The minimum absolute atomic E-state index is 0.142. The van der Waals surface area contributed by atoms with Gasteiger partial charge < -0.3 is 16.6 Å². The lowest BCUT2D eigenvalue weighted by Gasteiger charge is -2.16. The monoisotopic (exact) mass is 216 g/mol. The van der Waals surface area contributed by atoms with E-state index in [-0.39, 0.29) is 5.56 Å². The number of hydrogen-bond donors (Lipinski definition) is 3. The predicted octanol–water partition coefficient (Wildman–Crippen LogP) is 0.376. The van der Waals surface area contributed by atoms with Crippen LogP contribution < -0.4 is 11.5 Å². The Labute approximate surface area is 84.5 Å². The maximum Gasteiger partial charge on any atom is 0.322 e. The molecule has 0 amide bonds. The van der Waals surface area contributed by atoms with Crippen LogP contribution in [0.1, 0.15) is 11.6 Å². The van der Waals surface area contributed by atoms with Gasteiger partial charge in [0.15, 0.2) is 11.6 Å². The molecule has 0 aromatic heterocycles.